The molecule has 2 atom stereocenters. The molecule has 0 radical (unpaired) electrons. The van der Waals surface area contributed by atoms with Gasteiger partial charge in [0.2, 0.25) is 0 Å². The maximum absolute atomic E-state index is 6.16. The Labute approximate surface area is 198 Å². The molecular weight excluding hydrogens is 443 g/mol. The lowest BCUT2D eigenvalue weighted by atomic mass is 10.1. The van der Waals surface area contributed by atoms with E-state index in [1.54, 1.807) is 0 Å². The quantitative estimate of drug-likeness (QED) is 0.375. The van der Waals surface area contributed by atoms with Crippen molar-refractivity contribution in [3.8, 4) is 5.75 Å². The summed E-state index contributed by atoms with van der Waals surface area (Å²) in [4.78, 5) is 0. The summed E-state index contributed by atoms with van der Waals surface area (Å²) in [6, 6.07) is 16.6. The van der Waals surface area contributed by atoms with Crippen molar-refractivity contribution in [2.45, 2.75) is 38.8 Å². The summed E-state index contributed by atoms with van der Waals surface area (Å²) in [5, 5.41) is 7.43. The van der Waals surface area contributed by atoms with Gasteiger partial charge in [0.25, 0.3) is 0 Å². The molecule has 2 rings (SSSR count). The number of rotatable bonds is 13. The van der Waals surface area contributed by atoms with E-state index in [0.29, 0.717) is 12.6 Å². The topological polar surface area (TPSA) is 42.5 Å². The summed E-state index contributed by atoms with van der Waals surface area (Å²) in [6.45, 7) is 7.34. The summed E-state index contributed by atoms with van der Waals surface area (Å²) in [5.74, 6) is 0.911. The third-order valence-electron chi connectivity index (χ3n) is 4.48. The van der Waals surface area contributed by atoms with E-state index in [1.807, 2.05) is 37.4 Å². The highest BCUT2D eigenvalue weighted by Gasteiger charge is 2.14. The molecule has 0 heterocycles. The first-order valence-corrected chi connectivity index (χ1v) is 10.5. The molecule has 4 nitrogen and oxygen atoms in total. The molecule has 2 unspecified atom stereocenters. The molecule has 0 aliphatic heterocycles. The molecule has 0 amide bonds. The lowest BCUT2D eigenvalue weighted by Gasteiger charge is -2.22. The van der Waals surface area contributed by atoms with Crippen LogP contribution in [0.3, 0.4) is 0 Å². The first-order chi connectivity index (χ1) is 13.6. The molecule has 0 spiro atoms. The van der Waals surface area contributed by atoms with Crippen LogP contribution in [0.1, 0.15) is 37.5 Å². The Kier molecular flexibility index (Phi) is 16.1. The summed E-state index contributed by atoms with van der Waals surface area (Å²) in [6.07, 6.45) is 1.95. The predicted molar refractivity (Wildman–Crippen MR) is 132 cm³/mol. The minimum absolute atomic E-state index is 0. The average Bonchev–Trinajstić information content (AvgIpc) is 2.69. The molecule has 0 aliphatic carbocycles. The van der Waals surface area contributed by atoms with E-state index in [4.69, 9.17) is 21.1 Å². The smallest absolute Gasteiger partial charge is 0.119 e. The summed E-state index contributed by atoms with van der Waals surface area (Å²) in [7, 11) is 1.92. The van der Waals surface area contributed by atoms with Gasteiger partial charge in [-0.15, -0.1) is 24.8 Å². The van der Waals surface area contributed by atoms with Crippen LogP contribution in [0.25, 0.3) is 0 Å². The van der Waals surface area contributed by atoms with Crippen molar-refractivity contribution >= 4 is 36.4 Å². The number of ether oxygens (including phenoxy) is 2. The van der Waals surface area contributed by atoms with Crippen molar-refractivity contribution in [2.24, 2.45) is 0 Å². The van der Waals surface area contributed by atoms with Crippen LogP contribution in [-0.2, 0) is 11.2 Å². The molecule has 7 heteroatoms. The van der Waals surface area contributed by atoms with Gasteiger partial charge in [-0.25, -0.2) is 0 Å². The molecule has 2 aromatic rings. The van der Waals surface area contributed by atoms with Crippen LogP contribution in [-0.4, -0.2) is 39.4 Å². The molecule has 0 fully saturated rings. The van der Waals surface area contributed by atoms with Crippen molar-refractivity contribution in [3.05, 3.63) is 64.7 Å². The zero-order valence-electron chi connectivity index (χ0n) is 18.0. The number of hydrogen-bond donors (Lipinski definition) is 2. The van der Waals surface area contributed by atoms with E-state index in [1.165, 1.54) is 5.56 Å². The fraction of sp³-hybridized carbons (Fsp3) is 0.478. The lowest BCUT2D eigenvalue weighted by Crippen LogP contribution is -2.33. The Bertz CT molecular complexity index is 686. The van der Waals surface area contributed by atoms with Gasteiger partial charge in [-0.1, -0.05) is 42.8 Å². The number of likely N-dealkylation sites (N-methyl/N-ethyl adjacent to an activating group) is 1. The number of benzene rings is 2. The van der Waals surface area contributed by atoms with Gasteiger partial charge >= 0.3 is 0 Å². The second-order valence-electron chi connectivity index (χ2n) is 7.02. The van der Waals surface area contributed by atoms with Gasteiger partial charge in [-0.3, -0.25) is 0 Å². The van der Waals surface area contributed by atoms with Gasteiger partial charge < -0.3 is 20.1 Å². The van der Waals surface area contributed by atoms with Gasteiger partial charge in [0, 0.05) is 30.8 Å². The van der Waals surface area contributed by atoms with E-state index in [9.17, 15) is 0 Å². The molecular formula is C23H35Cl3N2O2. The minimum Gasteiger partial charge on any atom is -0.492 e. The molecule has 2 N–H and O–H groups in total. The van der Waals surface area contributed by atoms with E-state index in [2.05, 4.69) is 42.7 Å². The standard InChI is InChI=1S/C23H33ClN2O2.2ClH/c1-4-13-28-23(20-6-5-7-21(24)16-20)17-26-18(2)15-19-8-10-22(11-9-19)27-14-12-25-3;;/h5-11,16,18,23,25-26H,4,12-15,17H2,1-3H3;2*1H. The molecule has 0 saturated carbocycles. The Morgan fingerprint density at radius 3 is 2.40 bits per heavy atom. The van der Waals surface area contributed by atoms with Crippen LogP contribution in [0.15, 0.2) is 48.5 Å². The van der Waals surface area contributed by atoms with Crippen LogP contribution in [0.4, 0.5) is 0 Å². The fourth-order valence-electron chi connectivity index (χ4n) is 2.97. The highest BCUT2D eigenvalue weighted by molar-refractivity contribution is 6.30. The van der Waals surface area contributed by atoms with Crippen molar-refractivity contribution < 1.29 is 9.47 Å². The Morgan fingerprint density at radius 2 is 1.77 bits per heavy atom. The summed E-state index contributed by atoms with van der Waals surface area (Å²) < 4.78 is 11.7. The van der Waals surface area contributed by atoms with E-state index in [0.717, 1.165) is 48.9 Å². The third-order valence-corrected chi connectivity index (χ3v) is 4.72. The summed E-state index contributed by atoms with van der Waals surface area (Å²) >= 11 is 6.16. The molecule has 2 aromatic carbocycles. The third kappa shape index (κ3) is 10.9. The lowest BCUT2D eigenvalue weighted by molar-refractivity contribution is 0.0513. The largest absolute Gasteiger partial charge is 0.492 e. The second kappa shape index (κ2) is 16.7. The van der Waals surface area contributed by atoms with Gasteiger partial charge in [0.1, 0.15) is 12.4 Å². The normalized spacial score (nSPS) is 12.4. The van der Waals surface area contributed by atoms with Crippen molar-refractivity contribution in [3.63, 3.8) is 0 Å². The fourth-order valence-corrected chi connectivity index (χ4v) is 3.17. The first kappa shape index (κ1) is 29.0. The second-order valence-corrected chi connectivity index (χ2v) is 7.46. The van der Waals surface area contributed by atoms with Gasteiger partial charge in [0.05, 0.1) is 6.10 Å². The zero-order chi connectivity index (χ0) is 20.2. The van der Waals surface area contributed by atoms with Crippen molar-refractivity contribution in [1.82, 2.24) is 10.6 Å². The highest BCUT2D eigenvalue weighted by atomic mass is 35.5. The Morgan fingerprint density at radius 1 is 1.03 bits per heavy atom. The molecule has 0 aliphatic rings. The maximum Gasteiger partial charge on any atom is 0.119 e. The molecule has 170 valence electrons. The van der Waals surface area contributed by atoms with E-state index >= 15 is 0 Å². The van der Waals surface area contributed by atoms with Crippen molar-refractivity contribution in [1.29, 1.82) is 0 Å². The molecule has 0 aromatic heterocycles. The van der Waals surface area contributed by atoms with Gasteiger partial charge in [-0.05, 0) is 62.2 Å². The highest BCUT2D eigenvalue weighted by Crippen LogP contribution is 2.21. The maximum atomic E-state index is 6.16. The minimum atomic E-state index is 0. The Balaban J connectivity index is 0.00000420. The predicted octanol–water partition coefficient (Wildman–Crippen LogP) is 5.47. The Hall–Kier alpha value is -1.01. The van der Waals surface area contributed by atoms with Crippen molar-refractivity contribution in [2.75, 3.05) is 33.4 Å². The van der Waals surface area contributed by atoms with E-state index < -0.39 is 0 Å². The molecule has 0 bridgehead atoms. The van der Waals surface area contributed by atoms with Crippen LogP contribution in [0.5, 0.6) is 5.75 Å². The number of halogens is 3. The van der Waals surface area contributed by atoms with Gasteiger partial charge in [-0.2, -0.15) is 0 Å². The number of nitrogens with one attached hydrogen (secondary N) is 2. The first-order valence-electron chi connectivity index (χ1n) is 10.1. The molecule has 0 saturated heterocycles. The monoisotopic (exact) mass is 476 g/mol. The van der Waals surface area contributed by atoms with Crippen LogP contribution in [0, 0.1) is 0 Å². The van der Waals surface area contributed by atoms with Crippen LogP contribution < -0.4 is 15.4 Å². The number of hydrogen-bond acceptors (Lipinski definition) is 4. The average molecular weight is 478 g/mol. The van der Waals surface area contributed by atoms with Gasteiger partial charge in [0.15, 0.2) is 0 Å². The zero-order valence-corrected chi connectivity index (χ0v) is 20.4. The molecule has 30 heavy (non-hydrogen) atoms. The summed E-state index contributed by atoms with van der Waals surface area (Å²) in [5.41, 5.74) is 2.40. The van der Waals surface area contributed by atoms with Crippen LogP contribution >= 0.6 is 36.4 Å². The van der Waals surface area contributed by atoms with Crippen LogP contribution in [0.2, 0.25) is 5.02 Å². The van der Waals surface area contributed by atoms with E-state index in [-0.39, 0.29) is 30.9 Å². The SMILES string of the molecule is CCCOC(CNC(C)Cc1ccc(OCCNC)cc1)c1cccc(Cl)c1.Cl.Cl.